The molecular weight excluding hydrogens is 344 g/mol. The van der Waals surface area contributed by atoms with Gasteiger partial charge in [-0.3, -0.25) is 0 Å². The van der Waals surface area contributed by atoms with Gasteiger partial charge in [-0.15, -0.1) is 11.3 Å². The fourth-order valence-electron chi connectivity index (χ4n) is 3.84. The average molecular weight is 375 g/mol. The number of hydrogen-bond acceptors (Lipinski definition) is 2. The van der Waals surface area contributed by atoms with Crippen LogP contribution in [0.1, 0.15) is 24.8 Å². The van der Waals surface area contributed by atoms with E-state index in [1.165, 1.54) is 24.5 Å². The van der Waals surface area contributed by atoms with Gasteiger partial charge in [0.25, 0.3) is 0 Å². The van der Waals surface area contributed by atoms with Crippen LogP contribution < -0.4 is 20.4 Å². The molecule has 5 nitrogen and oxygen atoms in total. The van der Waals surface area contributed by atoms with E-state index in [0.717, 1.165) is 18.8 Å². The summed E-state index contributed by atoms with van der Waals surface area (Å²) < 4.78 is 0. The number of para-hydroxylation sites is 1. The SMILES string of the molecule is CC[NH+]1CC[NH+]([C@H](c2cccs2)[C@@H](C)NC(=O)Nc2ccccc2)CC1. The zero-order valence-corrected chi connectivity index (χ0v) is 16.4. The van der Waals surface area contributed by atoms with Crippen molar-refractivity contribution in [2.75, 3.05) is 38.0 Å². The Balaban J connectivity index is 1.65. The second-order valence-electron chi connectivity index (χ2n) is 7.01. The lowest BCUT2D eigenvalue weighted by Gasteiger charge is -2.36. The molecule has 140 valence electrons. The Labute approximate surface area is 160 Å². The van der Waals surface area contributed by atoms with Crippen molar-refractivity contribution in [3.8, 4) is 0 Å². The first kappa shape index (κ1) is 18.9. The van der Waals surface area contributed by atoms with Crippen LogP contribution in [-0.4, -0.2) is 44.8 Å². The summed E-state index contributed by atoms with van der Waals surface area (Å²) in [5, 5.41) is 8.23. The van der Waals surface area contributed by atoms with Gasteiger partial charge in [-0.2, -0.15) is 0 Å². The lowest BCUT2D eigenvalue weighted by molar-refractivity contribution is -1.03. The number of rotatable bonds is 6. The van der Waals surface area contributed by atoms with Gasteiger partial charge in [-0.05, 0) is 37.4 Å². The van der Waals surface area contributed by atoms with Gasteiger partial charge >= 0.3 is 6.03 Å². The molecule has 1 fully saturated rings. The van der Waals surface area contributed by atoms with Crippen LogP contribution in [0.5, 0.6) is 0 Å². The molecule has 3 rings (SSSR count). The van der Waals surface area contributed by atoms with E-state index >= 15 is 0 Å². The summed E-state index contributed by atoms with van der Waals surface area (Å²) >= 11 is 1.79. The molecule has 2 amide bonds. The predicted octanol–water partition coefficient (Wildman–Crippen LogP) is 0.803. The van der Waals surface area contributed by atoms with Crippen molar-refractivity contribution in [3.63, 3.8) is 0 Å². The number of urea groups is 1. The second kappa shape index (κ2) is 9.16. The highest BCUT2D eigenvalue weighted by atomic mass is 32.1. The maximum atomic E-state index is 12.4. The lowest BCUT2D eigenvalue weighted by Crippen LogP contribution is -3.28. The Bertz CT molecular complexity index is 668. The topological polar surface area (TPSA) is 50.0 Å². The van der Waals surface area contributed by atoms with Crippen molar-refractivity contribution in [2.45, 2.75) is 25.9 Å². The molecule has 0 bridgehead atoms. The standard InChI is InChI=1S/C20H28N4OS/c1-3-23-11-13-24(14-12-23)19(18-10-7-15-26-18)16(2)21-20(25)22-17-8-5-4-6-9-17/h4-10,15-16,19H,3,11-14H2,1-2H3,(H2,21,22,25)/p+2/t16-,19+/m1/s1. The van der Waals surface area contributed by atoms with Crippen LogP contribution in [0.2, 0.25) is 0 Å². The molecule has 2 atom stereocenters. The zero-order valence-electron chi connectivity index (χ0n) is 15.6. The van der Waals surface area contributed by atoms with E-state index in [4.69, 9.17) is 0 Å². The fourth-order valence-corrected chi connectivity index (χ4v) is 4.83. The number of thiophene rings is 1. The molecule has 1 saturated heterocycles. The van der Waals surface area contributed by atoms with Crippen molar-refractivity contribution in [2.24, 2.45) is 0 Å². The molecule has 0 saturated carbocycles. The van der Waals surface area contributed by atoms with E-state index in [1.807, 2.05) is 30.3 Å². The lowest BCUT2D eigenvalue weighted by atomic mass is 10.0. The summed E-state index contributed by atoms with van der Waals surface area (Å²) in [4.78, 5) is 17.1. The van der Waals surface area contributed by atoms with Crippen molar-refractivity contribution >= 4 is 23.1 Å². The van der Waals surface area contributed by atoms with Gasteiger partial charge in [0.2, 0.25) is 0 Å². The van der Waals surface area contributed by atoms with E-state index < -0.39 is 0 Å². The highest BCUT2D eigenvalue weighted by molar-refractivity contribution is 7.10. The molecule has 2 aromatic rings. The Morgan fingerprint density at radius 2 is 1.85 bits per heavy atom. The monoisotopic (exact) mass is 374 g/mol. The minimum atomic E-state index is -0.137. The number of quaternary nitrogens is 2. The van der Waals surface area contributed by atoms with E-state index in [-0.39, 0.29) is 12.1 Å². The molecule has 0 unspecified atom stereocenters. The molecule has 1 aliphatic heterocycles. The Hall–Kier alpha value is -1.89. The summed E-state index contributed by atoms with van der Waals surface area (Å²) in [6.07, 6.45) is 0. The first-order valence-corrected chi connectivity index (χ1v) is 10.4. The van der Waals surface area contributed by atoms with Crippen LogP contribution in [0, 0.1) is 0 Å². The minimum Gasteiger partial charge on any atom is -0.329 e. The molecule has 26 heavy (non-hydrogen) atoms. The largest absolute Gasteiger partial charge is 0.329 e. The van der Waals surface area contributed by atoms with Crippen LogP contribution >= 0.6 is 11.3 Å². The summed E-state index contributed by atoms with van der Waals surface area (Å²) in [5.74, 6) is 0. The van der Waals surface area contributed by atoms with Gasteiger partial charge in [0.05, 0.1) is 17.5 Å². The number of nitrogens with one attached hydrogen (secondary N) is 4. The minimum absolute atomic E-state index is 0.0653. The van der Waals surface area contributed by atoms with Crippen LogP contribution in [0.3, 0.4) is 0 Å². The van der Waals surface area contributed by atoms with E-state index in [2.05, 4.69) is 42.0 Å². The second-order valence-corrected chi connectivity index (χ2v) is 7.99. The maximum Gasteiger partial charge on any atom is 0.319 e. The molecule has 0 aliphatic carbocycles. The van der Waals surface area contributed by atoms with E-state index in [9.17, 15) is 4.79 Å². The summed E-state index contributed by atoms with van der Waals surface area (Å²) in [6, 6.07) is 14.1. The highest BCUT2D eigenvalue weighted by Gasteiger charge is 2.35. The van der Waals surface area contributed by atoms with Gasteiger partial charge in [0.1, 0.15) is 32.2 Å². The number of amides is 2. The Morgan fingerprint density at radius 3 is 2.46 bits per heavy atom. The first-order valence-electron chi connectivity index (χ1n) is 9.51. The van der Waals surface area contributed by atoms with Crippen LogP contribution in [0.15, 0.2) is 47.8 Å². The molecule has 2 heterocycles. The van der Waals surface area contributed by atoms with Crippen LogP contribution in [-0.2, 0) is 0 Å². The number of anilines is 1. The molecule has 4 N–H and O–H groups in total. The highest BCUT2D eigenvalue weighted by Crippen LogP contribution is 2.20. The van der Waals surface area contributed by atoms with Gasteiger partial charge in [-0.1, -0.05) is 24.3 Å². The molecular formula is C20H30N4OS+2. The first-order chi connectivity index (χ1) is 12.7. The number of hydrogen-bond donors (Lipinski definition) is 4. The van der Waals surface area contributed by atoms with E-state index in [1.54, 1.807) is 21.1 Å². The number of carbonyl (C=O) groups excluding carboxylic acids is 1. The van der Waals surface area contributed by atoms with Crippen molar-refractivity contribution in [1.82, 2.24) is 5.32 Å². The van der Waals surface area contributed by atoms with Crippen LogP contribution in [0.4, 0.5) is 10.5 Å². The van der Waals surface area contributed by atoms with Gasteiger partial charge in [-0.25, -0.2) is 4.79 Å². The number of likely N-dealkylation sites (N-methyl/N-ethyl adjacent to an activating group) is 1. The maximum absolute atomic E-state index is 12.4. The smallest absolute Gasteiger partial charge is 0.319 e. The predicted molar refractivity (Wildman–Crippen MR) is 107 cm³/mol. The summed E-state index contributed by atoms with van der Waals surface area (Å²) in [5.41, 5.74) is 0.817. The number of piperazine rings is 1. The average Bonchev–Trinajstić information content (AvgIpc) is 3.17. The van der Waals surface area contributed by atoms with Crippen molar-refractivity contribution < 1.29 is 14.6 Å². The van der Waals surface area contributed by atoms with Gasteiger partial charge in [0.15, 0.2) is 0 Å². The molecule has 0 spiro atoms. The quantitative estimate of drug-likeness (QED) is 0.594. The van der Waals surface area contributed by atoms with E-state index in [0.29, 0.717) is 6.04 Å². The molecule has 1 aromatic heterocycles. The Morgan fingerprint density at radius 1 is 1.12 bits per heavy atom. The van der Waals surface area contributed by atoms with Crippen molar-refractivity contribution in [1.29, 1.82) is 0 Å². The number of carbonyl (C=O) groups is 1. The molecule has 1 aliphatic rings. The zero-order chi connectivity index (χ0) is 18.4. The molecule has 6 heteroatoms. The van der Waals surface area contributed by atoms with Crippen molar-refractivity contribution in [3.05, 3.63) is 52.7 Å². The van der Waals surface area contributed by atoms with Gasteiger partial charge < -0.3 is 20.4 Å². The normalized spacial score (nSPS) is 22.4. The third-order valence-corrected chi connectivity index (χ3v) is 6.23. The van der Waals surface area contributed by atoms with Gasteiger partial charge in [0, 0.05) is 5.69 Å². The number of benzene rings is 1. The fraction of sp³-hybridized carbons (Fsp3) is 0.450. The molecule has 1 aromatic carbocycles. The van der Waals surface area contributed by atoms with Crippen LogP contribution in [0.25, 0.3) is 0 Å². The summed E-state index contributed by atoms with van der Waals surface area (Å²) in [7, 11) is 0. The Kier molecular flexibility index (Phi) is 6.66. The third kappa shape index (κ3) is 4.84. The molecule has 0 radical (unpaired) electrons. The summed E-state index contributed by atoms with van der Waals surface area (Å²) in [6.45, 7) is 10.3. The third-order valence-electron chi connectivity index (χ3n) is 5.28.